The van der Waals surface area contributed by atoms with Gasteiger partial charge in [-0.05, 0) is 61.4 Å². The molecular formula is C20H18N2O4S. The Kier molecular flexibility index (Phi) is 6.75. The summed E-state index contributed by atoms with van der Waals surface area (Å²) in [5.74, 6) is 9.81. The van der Waals surface area contributed by atoms with E-state index in [0.717, 1.165) is 5.56 Å². The second-order valence-electron chi connectivity index (χ2n) is 6.13. The van der Waals surface area contributed by atoms with Gasteiger partial charge in [0.25, 0.3) is 11.8 Å². The van der Waals surface area contributed by atoms with Crippen LogP contribution in [-0.4, -0.2) is 33.8 Å². The molecule has 0 bridgehead atoms. The second-order valence-corrected chi connectivity index (χ2v) is 6.91. The minimum Gasteiger partial charge on any atom is -0.388 e. The van der Waals surface area contributed by atoms with Crippen LogP contribution in [0.3, 0.4) is 0 Å². The van der Waals surface area contributed by atoms with Gasteiger partial charge in [-0.1, -0.05) is 11.8 Å². The van der Waals surface area contributed by atoms with Crippen molar-refractivity contribution in [2.45, 2.75) is 25.5 Å². The van der Waals surface area contributed by atoms with Crippen LogP contribution in [0.4, 0.5) is 0 Å². The fourth-order valence-electron chi connectivity index (χ4n) is 2.09. The molecule has 2 rings (SSSR count). The average Bonchev–Trinajstić information content (AvgIpc) is 3.15. The van der Waals surface area contributed by atoms with E-state index in [4.69, 9.17) is 5.21 Å². The van der Waals surface area contributed by atoms with E-state index in [-0.39, 0.29) is 5.56 Å². The fraction of sp³-hybridized carbons (Fsp3) is 0.200. The minimum absolute atomic E-state index is 0.282. The van der Waals surface area contributed by atoms with Crippen LogP contribution < -0.4 is 10.8 Å². The maximum Gasteiger partial charge on any atom is 0.268 e. The number of benzene rings is 1. The van der Waals surface area contributed by atoms with Crippen molar-refractivity contribution in [3.63, 3.8) is 0 Å². The number of thiophene rings is 1. The third-order valence-electron chi connectivity index (χ3n) is 3.50. The first-order chi connectivity index (χ1) is 12.8. The van der Waals surface area contributed by atoms with Crippen LogP contribution in [0.25, 0.3) is 0 Å². The van der Waals surface area contributed by atoms with Gasteiger partial charge in [0.15, 0.2) is 0 Å². The Bertz CT molecular complexity index is 921. The van der Waals surface area contributed by atoms with Gasteiger partial charge in [0.05, 0.1) is 5.60 Å². The van der Waals surface area contributed by atoms with Crippen LogP contribution in [0, 0.1) is 23.7 Å². The Labute approximate surface area is 161 Å². The molecule has 1 aromatic carbocycles. The number of hydrogen-bond acceptors (Lipinski definition) is 5. The normalized spacial score (nSPS) is 11.3. The van der Waals surface area contributed by atoms with E-state index in [1.807, 2.05) is 16.8 Å². The molecular weight excluding hydrogens is 364 g/mol. The summed E-state index contributed by atoms with van der Waals surface area (Å²) in [7, 11) is 0. The Balaban J connectivity index is 2.06. The van der Waals surface area contributed by atoms with E-state index in [0.29, 0.717) is 5.56 Å². The highest BCUT2D eigenvalue weighted by atomic mass is 32.1. The zero-order chi connectivity index (χ0) is 19.9. The molecule has 27 heavy (non-hydrogen) atoms. The summed E-state index contributed by atoms with van der Waals surface area (Å²) in [4.78, 5) is 23.9. The van der Waals surface area contributed by atoms with Crippen molar-refractivity contribution in [2.75, 3.05) is 0 Å². The lowest BCUT2D eigenvalue weighted by Gasteiger charge is -2.28. The number of nitrogens with one attached hydrogen (secondary N) is 2. The van der Waals surface area contributed by atoms with Gasteiger partial charge in [-0.3, -0.25) is 14.8 Å². The van der Waals surface area contributed by atoms with Crippen molar-refractivity contribution in [1.82, 2.24) is 10.8 Å². The molecule has 0 fully saturated rings. The number of hydrogen-bond donors (Lipinski definition) is 4. The summed E-state index contributed by atoms with van der Waals surface area (Å²) in [6, 6.07) is 6.99. The molecule has 7 heteroatoms. The van der Waals surface area contributed by atoms with Crippen LogP contribution >= 0.6 is 11.3 Å². The lowest BCUT2D eigenvalue weighted by atomic mass is 9.97. The van der Waals surface area contributed by atoms with Crippen molar-refractivity contribution >= 4 is 23.2 Å². The van der Waals surface area contributed by atoms with Gasteiger partial charge in [-0.15, -0.1) is 0 Å². The maximum absolute atomic E-state index is 12.3. The Morgan fingerprint density at radius 3 is 2.22 bits per heavy atom. The molecule has 1 heterocycles. The molecule has 2 amide bonds. The summed E-state index contributed by atoms with van der Waals surface area (Å²) >= 11 is 1.56. The molecule has 0 saturated carbocycles. The average molecular weight is 382 g/mol. The largest absolute Gasteiger partial charge is 0.388 e. The zero-order valence-corrected chi connectivity index (χ0v) is 15.6. The van der Waals surface area contributed by atoms with Crippen LogP contribution in [0.2, 0.25) is 0 Å². The van der Waals surface area contributed by atoms with E-state index >= 15 is 0 Å². The summed E-state index contributed by atoms with van der Waals surface area (Å²) in [6.45, 7) is 2.70. The quantitative estimate of drug-likeness (QED) is 0.366. The van der Waals surface area contributed by atoms with Crippen molar-refractivity contribution in [3.05, 3.63) is 57.8 Å². The zero-order valence-electron chi connectivity index (χ0n) is 14.7. The monoisotopic (exact) mass is 382 g/mol. The topological polar surface area (TPSA) is 98.7 Å². The molecule has 1 atom stereocenters. The first-order valence-electron chi connectivity index (χ1n) is 7.92. The van der Waals surface area contributed by atoms with Gasteiger partial charge in [-0.2, -0.15) is 11.3 Å². The predicted molar refractivity (Wildman–Crippen MR) is 102 cm³/mol. The predicted octanol–water partition coefficient (Wildman–Crippen LogP) is 1.53. The molecule has 4 N–H and O–H groups in total. The Morgan fingerprint density at radius 1 is 1.07 bits per heavy atom. The van der Waals surface area contributed by atoms with E-state index in [9.17, 15) is 14.7 Å². The van der Waals surface area contributed by atoms with Crippen LogP contribution in [0.1, 0.15) is 35.3 Å². The number of rotatable bonds is 4. The molecule has 0 radical (unpaired) electrons. The SMILES string of the molecule is CC(C)(O)[C@H](NC(=O)c1ccc(C#CC#Cc2ccsc2)cc1)C(=O)NO. The number of carbonyl (C=O) groups excluding carboxylic acids is 2. The maximum atomic E-state index is 12.3. The number of hydroxylamine groups is 1. The highest BCUT2D eigenvalue weighted by Crippen LogP contribution is 2.11. The van der Waals surface area contributed by atoms with Crippen molar-refractivity contribution in [3.8, 4) is 23.7 Å². The molecule has 6 nitrogen and oxygen atoms in total. The standard InChI is InChI=1S/C20H18N2O4S/c1-20(2,25)17(19(24)22-26)21-18(23)16-9-7-14(8-10-16)5-3-4-6-15-11-12-27-13-15/h7-13,17,25-26H,1-2H3,(H,21,23)(H,22,24)/t17-/m1/s1. The highest BCUT2D eigenvalue weighted by Gasteiger charge is 2.34. The minimum atomic E-state index is -1.56. The highest BCUT2D eigenvalue weighted by molar-refractivity contribution is 7.08. The lowest BCUT2D eigenvalue weighted by molar-refractivity contribution is -0.136. The lowest BCUT2D eigenvalue weighted by Crippen LogP contribution is -2.57. The van der Waals surface area contributed by atoms with E-state index in [1.54, 1.807) is 35.6 Å². The smallest absolute Gasteiger partial charge is 0.268 e. The fourth-order valence-corrected chi connectivity index (χ4v) is 2.68. The third-order valence-corrected chi connectivity index (χ3v) is 4.18. The molecule has 1 aromatic heterocycles. The summed E-state index contributed by atoms with van der Waals surface area (Å²) in [5, 5.41) is 25.0. The van der Waals surface area contributed by atoms with E-state index in [1.165, 1.54) is 19.3 Å². The summed E-state index contributed by atoms with van der Waals surface area (Å²) in [6.07, 6.45) is 0. The molecule has 0 aliphatic heterocycles. The van der Waals surface area contributed by atoms with Gasteiger partial charge < -0.3 is 10.4 Å². The number of carbonyl (C=O) groups is 2. The molecule has 2 aromatic rings. The van der Waals surface area contributed by atoms with Crippen LogP contribution in [0.5, 0.6) is 0 Å². The first kappa shape index (κ1) is 20.2. The number of amides is 2. The van der Waals surface area contributed by atoms with E-state index < -0.39 is 23.5 Å². The van der Waals surface area contributed by atoms with Crippen LogP contribution in [0.15, 0.2) is 41.1 Å². The molecule has 0 aliphatic rings. The second kappa shape index (κ2) is 9.02. The van der Waals surface area contributed by atoms with Crippen LogP contribution in [-0.2, 0) is 4.79 Å². The Morgan fingerprint density at radius 2 is 1.70 bits per heavy atom. The number of aliphatic hydroxyl groups is 1. The van der Waals surface area contributed by atoms with Gasteiger partial charge in [-0.25, -0.2) is 5.48 Å². The first-order valence-corrected chi connectivity index (χ1v) is 8.87. The third kappa shape index (κ3) is 5.98. The molecule has 0 saturated heterocycles. The van der Waals surface area contributed by atoms with E-state index in [2.05, 4.69) is 29.0 Å². The molecule has 0 aliphatic carbocycles. The van der Waals surface area contributed by atoms with Crippen molar-refractivity contribution in [2.24, 2.45) is 0 Å². The van der Waals surface area contributed by atoms with Crippen molar-refractivity contribution in [1.29, 1.82) is 0 Å². The van der Waals surface area contributed by atoms with Gasteiger partial charge in [0.2, 0.25) is 0 Å². The molecule has 0 spiro atoms. The van der Waals surface area contributed by atoms with Gasteiger partial charge in [0.1, 0.15) is 6.04 Å². The van der Waals surface area contributed by atoms with Gasteiger partial charge >= 0.3 is 0 Å². The molecule has 0 unspecified atom stereocenters. The Hall–Kier alpha value is -3.10. The van der Waals surface area contributed by atoms with Crippen molar-refractivity contribution < 1.29 is 19.9 Å². The summed E-state index contributed by atoms with van der Waals surface area (Å²) in [5.41, 5.74) is 1.74. The molecule has 138 valence electrons. The summed E-state index contributed by atoms with van der Waals surface area (Å²) < 4.78 is 0. The van der Waals surface area contributed by atoms with Gasteiger partial charge in [0, 0.05) is 22.1 Å².